The van der Waals surface area contributed by atoms with Gasteiger partial charge >= 0.3 is 0 Å². The van der Waals surface area contributed by atoms with E-state index in [0.29, 0.717) is 6.04 Å². The molecule has 3 aliphatic carbocycles. The van der Waals surface area contributed by atoms with E-state index in [1.165, 1.54) is 25.0 Å². The van der Waals surface area contributed by atoms with E-state index < -0.39 is 0 Å². The molecule has 2 bridgehead atoms. The molecule has 0 spiro atoms. The van der Waals surface area contributed by atoms with Crippen molar-refractivity contribution in [3.05, 3.63) is 18.0 Å². The molecule has 17 heavy (non-hydrogen) atoms. The summed E-state index contributed by atoms with van der Waals surface area (Å²) < 4.78 is 2.04. The van der Waals surface area contributed by atoms with Gasteiger partial charge in [0.1, 0.15) is 0 Å². The summed E-state index contributed by atoms with van der Waals surface area (Å²) in [6.45, 7) is 0. The molecular formula is C14H21N3. The zero-order valence-corrected chi connectivity index (χ0v) is 10.6. The van der Waals surface area contributed by atoms with E-state index >= 15 is 0 Å². The van der Waals surface area contributed by atoms with Crippen LogP contribution >= 0.6 is 0 Å². The van der Waals surface area contributed by atoms with Crippen LogP contribution in [0.5, 0.6) is 0 Å². The third-order valence-electron chi connectivity index (χ3n) is 5.67. The molecule has 0 amide bonds. The van der Waals surface area contributed by atoms with E-state index in [1.54, 1.807) is 0 Å². The molecule has 3 aliphatic rings. The van der Waals surface area contributed by atoms with E-state index in [9.17, 15) is 0 Å². The minimum atomic E-state index is 0.529. The largest absolute Gasteiger partial charge is 0.311 e. The molecule has 1 aromatic rings. The minimum absolute atomic E-state index is 0.529. The van der Waals surface area contributed by atoms with Gasteiger partial charge < -0.3 is 5.32 Å². The van der Waals surface area contributed by atoms with Gasteiger partial charge in [0.2, 0.25) is 0 Å². The lowest BCUT2D eigenvalue weighted by Gasteiger charge is -2.20. The number of fused-ring (bicyclic) bond motifs is 5. The summed E-state index contributed by atoms with van der Waals surface area (Å²) >= 11 is 0. The van der Waals surface area contributed by atoms with Crippen LogP contribution in [0.2, 0.25) is 0 Å². The lowest BCUT2D eigenvalue weighted by molar-refractivity contribution is 0.372. The highest BCUT2D eigenvalue weighted by atomic mass is 15.3. The summed E-state index contributed by atoms with van der Waals surface area (Å²) in [7, 11) is 4.17. The van der Waals surface area contributed by atoms with Crippen molar-refractivity contribution in [1.82, 2.24) is 15.1 Å². The van der Waals surface area contributed by atoms with E-state index in [0.717, 1.165) is 29.6 Å². The lowest BCUT2D eigenvalue weighted by atomic mass is 9.95. The van der Waals surface area contributed by atoms with E-state index in [4.69, 9.17) is 0 Å². The molecule has 0 saturated heterocycles. The molecule has 3 fully saturated rings. The van der Waals surface area contributed by atoms with Crippen molar-refractivity contribution >= 4 is 0 Å². The van der Waals surface area contributed by atoms with Gasteiger partial charge in [-0.25, -0.2) is 0 Å². The van der Waals surface area contributed by atoms with Crippen molar-refractivity contribution in [1.29, 1.82) is 0 Å². The Morgan fingerprint density at radius 1 is 1.35 bits per heavy atom. The molecule has 0 aliphatic heterocycles. The van der Waals surface area contributed by atoms with Crippen molar-refractivity contribution in [2.24, 2.45) is 36.6 Å². The first-order valence-electron chi connectivity index (χ1n) is 6.96. The van der Waals surface area contributed by atoms with Gasteiger partial charge in [0.15, 0.2) is 0 Å². The Morgan fingerprint density at radius 2 is 2.06 bits per heavy atom. The molecule has 1 aromatic heterocycles. The van der Waals surface area contributed by atoms with E-state index in [2.05, 4.69) is 30.6 Å². The van der Waals surface area contributed by atoms with Gasteiger partial charge in [-0.15, -0.1) is 0 Å². The summed E-state index contributed by atoms with van der Waals surface area (Å²) in [5.41, 5.74) is 1.37. The zero-order chi connectivity index (χ0) is 11.6. The van der Waals surface area contributed by atoms with Gasteiger partial charge in [0.05, 0.1) is 11.7 Å². The van der Waals surface area contributed by atoms with Crippen LogP contribution < -0.4 is 5.32 Å². The van der Waals surface area contributed by atoms with Gasteiger partial charge in [-0.1, -0.05) is 0 Å². The van der Waals surface area contributed by atoms with Crippen molar-refractivity contribution < 1.29 is 0 Å². The van der Waals surface area contributed by atoms with Gasteiger partial charge in [0, 0.05) is 13.2 Å². The van der Waals surface area contributed by atoms with Crippen LogP contribution in [0.25, 0.3) is 0 Å². The molecule has 3 nitrogen and oxygen atoms in total. The first-order valence-corrected chi connectivity index (χ1v) is 6.96. The third-order valence-corrected chi connectivity index (χ3v) is 5.67. The highest BCUT2D eigenvalue weighted by molar-refractivity contribution is 5.21. The van der Waals surface area contributed by atoms with Gasteiger partial charge in [-0.05, 0) is 62.0 Å². The molecule has 0 radical (unpaired) electrons. The standard InChI is InChI=1S/C14H21N3/c1-15-14(10-5-6-16-17(10)2)13-11-8-3-4-9(7-8)12(11)13/h5-6,8-9,11-15H,3-4,7H2,1-2H3. The quantitative estimate of drug-likeness (QED) is 0.862. The molecule has 1 heterocycles. The molecular weight excluding hydrogens is 210 g/mol. The molecule has 92 valence electrons. The zero-order valence-electron chi connectivity index (χ0n) is 10.6. The fraction of sp³-hybridized carbons (Fsp3) is 0.786. The number of nitrogens with zero attached hydrogens (tertiary/aromatic N) is 2. The number of aryl methyl sites for hydroxylation is 1. The summed E-state index contributed by atoms with van der Waals surface area (Å²) in [5.74, 6) is 5.06. The Kier molecular flexibility index (Phi) is 1.99. The third kappa shape index (κ3) is 1.23. The van der Waals surface area contributed by atoms with Crippen LogP contribution in [0.4, 0.5) is 0 Å². The Morgan fingerprint density at radius 3 is 2.59 bits per heavy atom. The summed E-state index contributed by atoms with van der Waals surface area (Å²) in [6, 6.07) is 2.71. The van der Waals surface area contributed by atoms with Crippen molar-refractivity contribution in [3.63, 3.8) is 0 Å². The smallest absolute Gasteiger partial charge is 0.0553 e. The average Bonchev–Trinajstić information content (AvgIpc) is 2.72. The predicted octanol–water partition coefficient (Wildman–Crippen LogP) is 1.97. The Bertz CT molecular complexity index is 422. The molecule has 1 N–H and O–H groups in total. The predicted molar refractivity (Wildman–Crippen MR) is 66.3 cm³/mol. The Hall–Kier alpha value is -0.830. The maximum atomic E-state index is 4.32. The van der Waals surface area contributed by atoms with Crippen LogP contribution in [-0.2, 0) is 7.05 Å². The summed E-state index contributed by atoms with van der Waals surface area (Å²) in [6.07, 6.45) is 6.47. The number of aromatic nitrogens is 2. The first kappa shape index (κ1) is 10.1. The van der Waals surface area contributed by atoms with E-state index in [1.807, 2.05) is 10.9 Å². The van der Waals surface area contributed by atoms with Gasteiger partial charge in [-0.3, -0.25) is 4.68 Å². The van der Waals surface area contributed by atoms with Crippen LogP contribution in [0.1, 0.15) is 31.0 Å². The highest BCUT2D eigenvalue weighted by Crippen LogP contribution is 2.72. The van der Waals surface area contributed by atoms with Crippen molar-refractivity contribution in [2.75, 3.05) is 7.05 Å². The normalized spacial score (nSPS) is 43.8. The highest BCUT2D eigenvalue weighted by Gasteiger charge is 2.66. The summed E-state index contributed by atoms with van der Waals surface area (Å²) in [4.78, 5) is 0. The maximum Gasteiger partial charge on any atom is 0.0553 e. The number of rotatable bonds is 3. The van der Waals surface area contributed by atoms with Crippen LogP contribution in [0.3, 0.4) is 0 Å². The lowest BCUT2D eigenvalue weighted by Crippen LogP contribution is -2.24. The molecule has 5 unspecified atom stereocenters. The number of nitrogens with one attached hydrogen (secondary N) is 1. The van der Waals surface area contributed by atoms with Crippen LogP contribution in [-0.4, -0.2) is 16.8 Å². The SMILES string of the molecule is CNC(c1ccnn1C)C1C2C3CCC(C3)C21. The fourth-order valence-corrected chi connectivity index (χ4v) is 5.07. The fourth-order valence-electron chi connectivity index (χ4n) is 5.07. The monoisotopic (exact) mass is 231 g/mol. The van der Waals surface area contributed by atoms with E-state index in [-0.39, 0.29) is 0 Å². The number of hydrogen-bond acceptors (Lipinski definition) is 2. The molecule has 0 aromatic carbocycles. The van der Waals surface area contributed by atoms with Gasteiger partial charge in [-0.2, -0.15) is 5.10 Å². The van der Waals surface area contributed by atoms with Crippen molar-refractivity contribution in [3.8, 4) is 0 Å². The second-order valence-electron chi connectivity index (χ2n) is 6.21. The maximum absolute atomic E-state index is 4.32. The Labute approximate surface area is 103 Å². The molecule has 3 saturated carbocycles. The molecule has 3 heteroatoms. The van der Waals surface area contributed by atoms with Gasteiger partial charge in [0.25, 0.3) is 0 Å². The molecule has 5 atom stereocenters. The minimum Gasteiger partial charge on any atom is -0.311 e. The summed E-state index contributed by atoms with van der Waals surface area (Å²) in [5, 5.41) is 7.86. The van der Waals surface area contributed by atoms with Crippen LogP contribution in [0.15, 0.2) is 12.3 Å². The topological polar surface area (TPSA) is 29.9 Å². The van der Waals surface area contributed by atoms with Crippen molar-refractivity contribution in [2.45, 2.75) is 25.3 Å². The first-order chi connectivity index (χ1) is 8.31. The second kappa shape index (κ2) is 3.35. The second-order valence-corrected chi connectivity index (χ2v) is 6.21. The Balaban J connectivity index is 1.61. The number of hydrogen-bond donors (Lipinski definition) is 1. The average molecular weight is 231 g/mol. The van der Waals surface area contributed by atoms with Crippen LogP contribution in [0, 0.1) is 29.6 Å². The molecule has 4 rings (SSSR count).